The molecule has 1 nitrogen and oxygen atoms in total. The minimum atomic E-state index is -0.240. The van der Waals surface area contributed by atoms with Gasteiger partial charge in [0, 0.05) is 17.1 Å². The Morgan fingerprint density at radius 3 is 2.77 bits per heavy atom. The molecule has 0 radical (unpaired) electrons. The van der Waals surface area contributed by atoms with E-state index in [0.29, 0.717) is 5.69 Å². The van der Waals surface area contributed by atoms with Gasteiger partial charge in [0.1, 0.15) is 5.82 Å². The molecular formula is C10H8FNS. The van der Waals surface area contributed by atoms with Crippen LogP contribution in [0, 0.1) is 12.7 Å². The molecule has 0 aliphatic heterocycles. The van der Waals surface area contributed by atoms with Crippen LogP contribution in [-0.2, 0) is 0 Å². The first-order valence-corrected chi connectivity index (χ1v) is 4.76. The number of hydrogen-bond donors (Lipinski definition) is 0. The molecule has 0 N–H and O–H groups in total. The second-order valence-corrected chi connectivity index (χ2v) is 4.06. The average Bonchev–Trinajstić information content (AvgIpc) is 2.52. The zero-order chi connectivity index (χ0) is 9.26. The molecule has 66 valence electrons. The number of halogens is 1. The van der Waals surface area contributed by atoms with Crippen molar-refractivity contribution < 1.29 is 4.39 Å². The monoisotopic (exact) mass is 193 g/mol. The summed E-state index contributed by atoms with van der Waals surface area (Å²) in [4.78, 5) is 6.31. The van der Waals surface area contributed by atoms with E-state index in [4.69, 9.17) is 0 Å². The molecule has 0 atom stereocenters. The fraction of sp³-hybridized carbons (Fsp3) is 0.100. The highest BCUT2D eigenvalue weighted by atomic mass is 32.1. The lowest BCUT2D eigenvalue weighted by Gasteiger charge is -1.94. The van der Waals surface area contributed by atoms with E-state index in [9.17, 15) is 4.39 Å². The molecule has 13 heavy (non-hydrogen) atoms. The summed E-state index contributed by atoms with van der Waals surface area (Å²) < 4.78 is 12.8. The minimum absolute atomic E-state index is 0.240. The van der Waals surface area contributed by atoms with Crippen LogP contribution >= 0.6 is 11.3 Å². The summed E-state index contributed by atoms with van der Waals surface area (Å²) in [5, 5.41) is 0. The van der Waals surface area contributed by atoms with E-state index in [0.717, 1.165) is 4.88 Å². The Hall–Kier alpha value is -1.22. The number of thiophene rings is 1. The zero-order valence-electron chi connectivity index (χ0n) is 7.12. The van der Waals surface area contributed by atoms with Crippen LogP contribution < -0.4 is 0 Å². The first kappa shape index (κ1) is 8.38. The third-order valence-electron chi connectivity index (χ3n) is 1.71. The van der Waals surface area contributed by atoms with E-state index in [1.807, 2.05) is 19.1 Å². The molecule has 0 aliphatic rings. The molecule has 0 bridgehead atoms. The number of nitrogens with zero attached hydrogens (tertiary/aromatic N) is 1. The van der Waals surface area contributed by atoms with Crippen LogP contribution in [0.1, 0.15) is 4.88 Å². The molecule has 0 spiro atoms. The first-order chi connectivity index (χ1) is 6.25. The number of rotatable bonds is 1. The van der Waals surface area contributed by atoms with Crippen molar-refractivity contribution in [1.82, 2.24) is 4.98 Å². The third kappa shape index (κ3) is 1.75. The SMILES string of the molecule is Cc1ccc(-c2cc(F)ccn2)s1. The average molecular weight is 193 g/mol. The quantitative estimate of drug-likeness (QED) is 0.677. The molecule has 0 unspecified atom stereocenters. The van der Waals surface area contributed by atoms with Gasteiger partial charge in [-0.2, -0.15) is 0 Å². The molecular weight excluding hydrogens is 185 g/mol. The van der Waals surface area contributed by atoms with Crippen molar-refractivity contribution in [2.24, 2.45) is 0 Å². The van der Waals surface area contributed by atoms with E-state index in [1.54, 1.807) is 11.3 Å². The van der Waals surface area contributed by atoms with Gasteiger partial charge in [-0.3, -0.25) is 4.98 Å². The van der Waals surface area contributed by atoms with E-state index < -0.39 is 0 Å². The Bertz CT molecular complexity index is 422. The fourth-order valence-corrected chi connectivity index (χ4v) is 1.95. The largest absolute Gasteiger partial charge is 0.255 e. The van der Waals surface area contributed by atoms with Gasteiger partial charge in [-0.05, 0) is 25.1 Å². The van der Waals surface area contributed by atoms with Gasteiger partial charge in [-0.15, -0.1) is 11.3 Å². The summed E-state index contributed by atoms with van der Waals surface area (Å²) >= 11 is 1.62. The molecule has 0 saturated carbocycles. The van der Waals surface area contributed by atoms with Crippen LogP contribution in [0.25, 0.3) is 10.6 Å². The summed E-state index contributed by atoms with van der Waals surface area (Å²) in [5.74, 6) is -0.240. The van der Waals surface area contributed by atoms with Crippen molar-refractivity contribution in [2.75, 3.05) is 0 Å². The summed E-state index contributed by atoms with van der Waals surface area (Å²) in [5.41, 5.74) is 0.707. The van der Waals surface area contributed by atoms with E-state index in [2.05, 4.69) is 4.98 Å². The van der Waals surface area contributed by atoms with Crippen molar-refractivity contribution in [3.05, 3.63) is 41.2 Å². The van der Waals surface area contributed by atoms with Crippen molar-refractivity contribution in [3.63, 3.8) is 0 Å². The number of hydrogen-bond acceptors (Lipinski definition) is 2. The molecule has 0 amide bonds. The van der Waals surface area contributed by atoms with Crippen LogP contribution in [0.15, 0.2) is 30.5 Å². The molecule has 2 rings (SSSR count). The van der Waals surface area contributed by atoms with E-state index in [-0.39, 0.29) is 5.82 Å². The van der Waals surface area contributed by atoms with Gasteiger partial charge < -0.3 is 0 Å². The van der Waals surface area contributed by atoms with Gasteiger partial charge in [0.15, 0.2) is 0 Å². The Morgan fingerprint density at radius 1 is 1.31 bits per heavy atom. The Labute approximate surface area is 79.9 Å². The highest BCUT2D eigenvalue weighted by Crippen LogP contribution is 2.25. The van der Waals surface area contributed by atoms with Gasteiger partial charge in [0.25, 0.3) is 0 Å². The van der Waals surface area contributed by atoms with Crippen molar-refractivity contribution in [3.8, 4) is 10.6 Å². The predicted molar refractivity (Wildman–Crippen MR) is 52.2 cm³/mol. The van der Waals surface area contributed by atoms with Gasteiger partial charge in [0.2, 0.25) is 0 Å². The predicted octanol–water partition coefficient (Wildman–Crippen LogP) is 3.26. The lowest BCUT2D eigenvalue weighted by atomic mass is 10.3. The molecule has 0 aromatic carbocycles. The van der Waals surface area contributed by atoms with E-state index >= 15 is 0 Å². The normalized spacial score (nSPS) is 10.3. The summed E-state index contributed by atoms with van der Waals surface area (Å²) in [6.07, 6.45) is 1.49. The minimum Gasteiger partial charge on any atom is -0.255 e. The Morgan fingerprint density at radius 2 is 2.15 bits per heavy atom. The summed E-state index contributed by atoms with van der Waals surface area (Å²) in [6.45, 7) is 2.02. The molecule has 3 heteroatoms. The van der Waals surface area contributed by atoms with Gasteiger partial charge in [0.05, 0.1) is 10.6 Å². The maximum atomic E-state index is 12.8. The topological polar surface area (TPSA) is 12.9 Å². The molecule has 0 saturated heterocycles. The zero-order valence-corrected chi connectivity index (χ0v) is 7.94. The summed E-state index contributed by atoms with van der Waals surface area (Å²) in [6, 6.07) is 6.77. The van der Waals surface area contributed by atoms with Gasteiger partial charge in [-0.25, -0.2) is 4.39 Å². The van der Waals surface area contributed by atoms with Crippen LogP contribution in [0.3, 0.4) is 0 Å². The second kappa shape index (κ2) is 3.26. The molecule has 2 aromatic rings. The molecule has 2 heterocycles. The maximum Gasteiger partial charge on any atom is 0.126 e. The molecule has 0 fully saturated rings. The Kier molecular flexibility index (Phi) is 2.10. The number of pyridine rings is 1. The highest BCUT2D eigenvalue weighted by Gasteiger charge is 2.02. The third-order valence-corrected chi connectivity index (χ3v) is 2.74. The fourth-order valence-electron chi connectivity index (χ4n) is 1.11. The van der Waals surface area contributed by atoms with Crippen LogP contribution in [0.5, 0.6) is 0 Å². The van der Waals surface area contributed by atoms with Crippen LogP contribution in [-0.4, -0.2) is 4.98 Å². The molecule has 2 aromatic heterocycles. The van der Waals surface area contributed by atoms with Gasteiger partial charge >= 0.3 is 0 Å². The maximum absolute atomic E-state index is 12.8. The first-order valence-electron chi connectivity index (χ1n) is 3.94. The molecule has 0 aliphatic carbocycles. The number of aryl methyl sites for hydroxylation is 1. The summed E-state index contributed by atoms with van der Waals surface area (Å²) in [7, 11) is 0. The van der Waals surface area contributed by atoms with Crippen LogP contribution in [0.4, 0.5) is 4.39 Å². The lowest BCUT2D eigenvalue weighted by molar-refractivity contribution is 0.626. The van der Waals surface area contributed by atoms with Crippen LogP contribution in [0.2, 0.25) is 0 Å². The Balaban J connectivity index is 2.46. The standard InChI is InChI=1S/C10H8FNS/c1-7-2-3-10(13-7)9-6-8(11)4-5-12-9/h2-6H,1H3. The van der Waals surface area contributed by atoms with Crippen molar-refractivity contribution in [1.29, 1.82) is 0 Å². The van der Waals surface area contributed by atoms with Crippen molar-refractivity contribution in [2.45, 2.75) is 6.92 Å². The van der Waals surface area contributed by atoms with Gasteiger partial charge in [-0.1, -0.05) is 0 Å². The smallest absolute Gasteiger partial charge is 0.126 e. The lowest BCUT2D eigenvalue weighted by Crippen LogP contribution is -1.80. The number of aromatic nitrogens is 1. The van der Waals surface area contributed by atoms with Crippen molar-refractivity contribution >= 4 is 11.3 Å². The highest BCUT2D eigenvalue weighted by molar-refractivity contribution is 7.15. The van der Waals surface area contributed by atoms with E-state index in [1.165, 1.54) is 23.2 Å². The second-order valence-electron chi connectivity index (χ2n) is 2.77.